The van der Waals surface area contributed by atoms with Crippen LogP contribution in [0.25, 0.3) is 16.7 Å². The zero-order valence-electron chi connectivity index (χ0n) is 11.7. The molecule has 0 fully saturated rings. The molecule has 98 valence electrons. The minimum Gasteiger partial charge on any atom is -0.398 e. The summed E-state index contributed by atoms with van der Waals surface area (Å²) in [6.07, 6.45) is 2.32. The normalized spacial score (nSPS) is 10.4. The van der Waals surface area contributed by atoms with Gasteiger partial charge in [0.25, 0.3) is 0 Å². The number of hydrogen-bond acceptors (Lipinski definition) is 1. The maximum Gasteiger partial charge on any atom is 0.0396 e. The van der Waals surface area contributed by atoms with Gasteiger partial charge in [-0.2, -0.15) is 0 Å². The largest absolute Gasteiger partial charge is 0.398 e. The van der Waals surface area contributed by atoms with E-state index >= 15 is 0 Å². The predicted molar refractivity (Wildman–Crippen MR) is 85.0 cm³/mol. The van der Waals surface area contributed by atoms with Crippen LogP contribution >= 0.6 is 0 Å². The van der Waals surface area contributed by atoms with E-state index in [1.807, 2.05) is 19.1 Å². The first kappa shape index (κ1) is 13.4. The molecule has 0 aliphatic carbocycles. The van der Waals surface area contributed by atoms with Gasteiger partial charge in [0, 0.05) is 5.69 Å². The van der Waals surface area contributed by atoms with Gasteiger partial charge in [0.1, 0.15) is 0 Å². The molecule has 0 saturated carbocycles. The van der Waals surface area contributed by atoms with Crippen LogP contribution < -0.4 is 5.73 Å². The van der Waals surface area contributed by atoms with E-state index in [2.05, 4.69) is 43.8 Å². The molecule has 0 aromatic heterocycles. The molecule has 0 heterocycles. The van der Waals surface area contributed by atoms with Crippen LogP contribution in [0.2, 0.25) is 0 Å². The first-order valence-corrected chi connectivity index (χ1v) is 6.76. The molecule has 0 saturated heterocycles. The Morgan fingerprint density at radius 2 is 1.68 bits per heavy atom. The van der Waals surface area contributed by atoms with Gasteiger partial charge in [-0.3, -0.25) is 0 Å². The second-order valence-corrected chi connectivity index (χ2v) is 5.03. The lowest BCUT2D eigenvalue weighted by Gasteiger charge is -2.09. The van der Waals surface area contributed by atoms with E-state index in [0.717, 1.165) is 28.8 Å². The number of hydrogen-bond donors (Lipinski definition) is 1. The van der Waals surface area contributed by atoms with E-state index in [1.165, 1.54) is 17.5 Å². The molecule has 1 heteroatoms. The summed E-state index contributed by atoms with van der Waals surface area (Å²) in [6, 6.07) is 14.9. The van der Waals surface area contributed by atoms with Crippen molar-refractivity contribution in [2.75, 3.05) is 5.73 Å². The highest BCUT2D eigenvalue weighted by Crippen LogP contribution is 2.27. The van der Waals surface area contributed by atoms with Gasteiger partial charge in [0.05, 0.1) is 0 Å². The minimum atomic E-state index is 0.794. The van der Waals surface area contributed by atoms with Crippen LogP contribution in [0.4, 0.5) is 5.69 Å². The SMILES string of the molecule is C=C(C)c1ccc(-c2ccc(CCC)cc2)cc1N. The number of nitrogen functional groups attached to an aromatic ring is 1. The molecular formula is C18H21N. The Hall–Kier alpha value is -2.02. The third-order valence-corrected chi connectivity index (χ3v) is 3.34. The molecule has 2 rings (SSSR count). The summed E-state index contributed by atoms with van der Waals surface area (Å²) in [5, 5.41) is 0. The molecule has 0 aliphatic heterocycles. The van der Waals surface area contributed by atoms with Gasteiger partial charge < -0.3 is 5.73 Å². The first-order chi connectivity index (χ1) is 9.11. The number of nitrogens with two attached hydrogens (primary N) is 1. The molecule has 0 bridgehead atoms. The summed E-state index contributed by atoms with van der Waals surface area (Å²) in [7, 11) is 0. The molecule has 0 unspecified atom stereocenters. The summed E-state index contributed by atoms with van der Waals surface area (Å²) < 4.78 is 0. The van der Waals surface area contributed by atoms with Crippen molar-refractivity contribution in [3.05, 3.63) is 60.2 Å². The highest BCUT2D eigenvalue weighted by molar-refractivity contribution is 5.78. The number of benzene rings is 2. The summed E-state index contributed by atoms with van der Waals surface area (Å²) in [5.74, 6) is 0. The fourth-order valence-electron chi connectivity index (χ4n) is 2.28. The van der Waals surface area contributed by atoms with Crippen molar-refractivity contribution in [3.63, 3.8) is 0 Å². The summed E-state index contributed by atoms with van der Waals surface area (Å²) in [5.41, 5.74) is 12.7. The lowest BCUT2D eigenvalue weighted by Crippen LogP contribution is -1.92. The summed E-state index contributed by atoms with van der Waals surface area (Å²) in [4.78, 5) is 0. The third-order valence-electron chi connectivity index (χ3n) is 3.34. The fourth-order valence-corrected chi connectivity index (χ4v) is 2.28. The van der Waals surface area contributed by atoms with E-state index in [9.17, 15) is 0 Å². The fraction of sp³-hybridized carbons (Fsp3) is 0.222. The van der Waals surface area contributed by atoms with Crippen molar-refractivity contribution >= 4 is 11.3 Å². The monoisotopic (exact) mass is 251 g/mol. The molecule has 0 atom stereocenters. The zero-order valence-corrected chi connectivity index (χ0v) is 11.7. The number of aryl methyl sites for hydroxylation is 1. The molecule has 0 spiro atoms. The van der Waals surface area contributed by atoms with E-state index < -0.39 is 0 Å². The number of anilines is 1. The van der Waals surface area contributed by atoms with Gasteiger partial charge in [0.15, 0.2) is 0 Å². The highest BCUT2D eigenvalue weighted by Gasteiger charge is 2.03. The maximum atomic E-state index is 6.08. The van der Waals surface area contributed by atoms with Crippen LogP contribution in [-0.4, -0.2) is 0 Å². The van der Waals surface area contributed by atoms with Gasteiger partial charge in [-0.15, -0.1) is 0 Å². The van der Waals surface area contributed by atoms with Crippen molar-refractivity contribution in [3.8, 4) is 11.1 Å². The number of rotatable bonds is 4. The maximum absolute atomic E-state index is 6.08. The molecule has 2 aromatic carbocycles. The minimum absolute atomic E-state index is 0.794. The lowest BCUT2D eigenvalue weighted by molar-refractivity contribution is 0.922. The molecule has 0 aliphatic rings. The summed E-state index contributed by atoms with van der Waals surface area (Å²) in [6.45, 7) is 8.12. The Bertz CT molecular complexity index is 579. The average Bonchev–Trinajstić information content (AvgIpc) is 2.39. The van der Waals surface area contributed by atoms with Gasteiger partial charge in [-0.25, -0.2) is 0 Å². The molecule has 0 radical (unpaired) electrons. The van der Waals surface area contributed by atoms with E-state index in [1.54, 1.807) is 0 Å². The van der Waals surface area contributed by atoms with Gasteiger partial charge in [0.2, 0.25) is 0 Å². The molecule has 19 heavy (non-hydrogen) atoms. The lowest BCUT2D eigenvalue weighted by atomic mass is 9.98. The van der Waals surface area contributed by atoms with Crippen LogP contribution in [-0.2, 0) is 6.42 Å². The Kier molecular flexibility index (Phi) is 4.06. The zero-order chi connectivity index (χ0) is 13.8. The van der Waals surface area contributed by atoms with Crippen molar-refractivity contribution in [2.24, 2.45) is 0 Å². The van der Waals surface area contributed by atoms with E-state index in [4.69, 9.17) is 5.73 Å². The van der Waals surface area contributed by atoms with Gasteiger partial charge in [-0.1, -0.05) is 56.3 Å². The predicted octanol–water partition coefficient (Wildman–Crippen LogP) is 4.92. The van der Waals surface area contributed by atoms with Crippen LogP contribution in [0.15, 0.2) is 49.0 Å². The van der Waals surface area contributed by atoms with Crippen molar-refractivity contribution in [1.29, 1.82) is 0 Å². The second-order valence-electron chi connectivity index (χ2n) is 5.03. The summed E-state index contributed by atoms with van der Waals surface area (Å²) >= 11 is 0. The molecule has 2 aromatic rings. The third kappa shape index (κ3) is 3.05. The standard InChI is InChI=1S/C18H21N/c1-4-5-14-6-8-15(9-7-14)16-10-11-17(13(2)3)18(19)12-16/h6-12H,2,4-5,19H2,1,3H3. The van der Waals surface area contributed by atoms with Crippen LogP contribution in [0.1, 0.15) is 31.4 Å². The Morgan fingerprint density at radius 1 is 1.05 bits per heavy atom. The average molecular weight is 251 g/mol. The number of allylic oxidation sites excluding steroid dienone is 1. The molecule has 2 N–H and O–H groups in total. The van der Waals surface area contributed by atoms with Crippen molar-refractivity contribution < 1.29 is 0 Å². The van der Waals surface area contributed by atoms with Crippen LogP contribution in [0.3, 0.4) is 0 Å². The Balaban J connectivity index is 2.31. The topological polar surface area (TPSA) is 26.0 Å². The van der Waals surface area contributed by atoms with Gasteiger partial charge >= 0.3 is 0 Å². The van der Waals surface area contributed by atoms with Gasteiger partial charge in [-0.05, 0) is 47.2 Å². The van der Waals surface area contributed by atoms with E-state index in [-0.39, 0.29) is 0 Å². The first-order valence-electron chi connectivity index (χ1n) is 6.76. The molecule has 1 nitrogen and oxygen atoms in total. The van der Waals surface area contributed by atoms with Crippen LogP contribution in [0.5, 0.6) is 0 Å². The highest BCUT2D eigenvalue weighted by atomic mass is 14.6. The van der Waals surface area contributed by atoms with Crippen LogP contribution in [0, 0.1) is 0 Å². The smallest absolute Gasteiger partial charge is 0.0396 e. The Labute approximate surface area is 115 Å². The quantitative estimate of drug-likeness (QED) is 0.767. The second kappa shape index (κ2) is 5.75. The molecular weight excluding hydrogens is 230 g/mol. The van der Waals surface area contributed by atoms with E-state index in [0.29, 0.717) is 0 Å². The molecule has 0 amide bonds. The Morgan fingerprint density at radius 3 is 2.21 bits per heavy atom. The van der Waals surface area contributed by atoms with Crippen molar-refractivity contribution in [1.82, 2.24) is 0 Å². The van der Waals surface area contributed by atoms with Crippen molar-refractivity contribution in [2.45, 2.75) is 26.7 Å².